The molecule has 0 N–H and O–H groups in total. The van der Waals surface area contributed by atoms with E-state index in [-0.39, 0.29) is 11.9 Å². The first-order valence-corrected chi connectivity index (χ1v) is 7.32. The molecule has 6 heteroatoms. The van der Waals surface area contributed by atoms with Gasteiger partial charge in [-0.2, -0.15) is 0 Å². The fourth-order valence-electron chi connectivity index (χ4n) is 3.01. The molecule has 116 valence electrons. The van der Waals surface area contributed by atoms with Gasteiger partial charge in [-0.05, 0) is 26.0 Å². The van der Waals surface area contributed by atoms with Gasteiger partial charge < -0.3 is 14.2 Å². The van der Waals surface area contributed by atoms with Crippen LogP contribution < -0.4 is 0 Å². The Bertz CT molecular complexity index is 675. The summed E-state index contributed by atoms with van der Waals surface area (Å²) in [6.07, 6.45) is 3.62. The van der Waals surface area contributed by atoms with Crippen LogP contribution in [0.3, 0.4) is 0 Å². The van der Waals surface area contributed by atoms with Crippen molar-refractivity contribution in [2.75, 3.05) is 20.3 Å². The fourth-order valence-corrected chi connectivity index (χ4v) is 3.01. The van der Waals surface area contributed by atoms with Crippen LogP contribution in [0, 0.1) is 13.8 Å². The Hall–Kier alpha value is -2.21. The van der Waals surface area contributed by atoms with Crippen LogP contribution in [0.15, 0.2) is 24.7 Å². The molecule has 0 aromatic carbocycles. The topological polar surface area (TPSA) is 60.2 Å². The molecule has 6 nitrogen and oxygen atoms in total. The number of fused-ring (bicyclic) bond motifs is 1. The van der Waals surface area contributed by atoms with Gasteiger partial charge in [0.05, 0.1) is 31.2 Å². The predicted molar refractivity (Wildman–Crippen MR) is 81.6 cm³/mol. The molecule has 1 amide bonds. The Balaban J connectivity index is 1.87. The molecule has 3 heterocycles. The summed E-state index contributed by atoms with van der Waals surface area (Å²) in [4.78, 5) is 23.2. The summed E-state index contributed by atoms with van der Waals surface area (Å²) >= 11 is 0. The lowest BCUT2D eigenvalue weighted by Crippen LogP contribution is -2.42. The number of rotatable bonds is 3. The summed E-state index contributed by atoms with van der Waals surface area (Å²) in [7, 11) is 1.67. The first-order valence-electron chi connectivity index (χ1n) is 7.32. The Morgan fingerprint density at radius 3 is 2.77 bits per heavy atom. The highest BCUT2D eigenvalue weighted by Gasteiger charge is 2.28. The highest BCUT2D eigenvalue weighted by molar-refractivity contribution is 5.94. The first-order chi connectivity index (χ1) is 10.6. The van der Waals surface area contributed by atoms with Crippen molar-refractivity contribution >= 4 is 5.91 Å². The number of ether oxygens (including phenoxy) is 1. The van der Waals surface area contributed by atoms with Crippen molar-refractivity contribution < 1.29 is 9.53 Å². The van der Waals surface area contributed by atoms with Crippen LogP contribution in [0.4, 0.5) is 0 Å². The summed E-state index contributed by atoms with van der Waals surface area (Å²) in [6.45, 7) is 5.56. The highest BCUT2D eigenvalue weighted by Crippen LogP contribution is 2.23. The molecule has 0 bridgehead atoms. The zero-order chi connectivity index (χ0) is 15.7. The molecule has 1 aliphatic rings. The van der Waals surface area contributed by atoms with E-state index in [0.29, 0.717) is 25.3 Å². The summed E-state index contributed by atoms with van der Waals surface area (Å²) in [5, 5.41) is 0. The van der Waals surface area contributed by atoms with E-state index in [9.17, 15) is 4.79 Å². The van der Waals surface area contributed by atoms with Gasteiger partial charge in [0.1, 0.15) is 0 Å². The molecule has 0 radical (unpaired) electrons. The van der Waals surface area contributed by atoms with Crippen LogP contribution in [0.1, 0.15) is 33.5 Å². The van der Waals surface area contributed by atoms with Crippen molar-refractivity contribution in [2.24, 2.45) is 0 Å². The largest absolute Gasteiger partial charge is 0.382 e. The third kappa shape index (κ3) is 2.74. The molecule has 1 atom stereocenters. The Morgan fingerprint density at radius 1 is 1.36 bits per heavy atom. The van der Waals surface area contributed by atoms with E-state index in [2.05, 4.69) is 14.5 Å². The Kier molecular flexibility index (Phi) is 3.94. The number of nitrogens with zero attached hydrogens (tertiary/aromatic N) is 4. The van der Waals surface area contributed by atoms with Gasteiger partial charge in [0.2, 0.25) is 0 Å². The zero-order valence-electron chi connectivity index (χ0n) is 13.1. The molecule has 0 saturated heterocycles. The second-order valence-electron chi connectivity index (χ2n) is 5.73. The van der Waals surface area contributed by atoms with Crippen LogP contribution in [0.2, 0.25) is 0 Å². The molecule has 22 heavy (non-hydrogen) atoms. The van der Waals surface area contributed by atoms with Gasteiger partial charge in [0, 0.05) is 36.8 Å². The fraction of sp³-hybridized carbons (Fsp3) is 0.438. The van der Waals surface area contributed by atoms with Gasteiger partial charge in [0.15, 0.2) is 0 Å². The zero-order valence-corrected chi connectivity index (χ0v) is 13.1. The van der Waals surface area contributed by atoms with Crippen LogP contribution in [-0.4, -0.2) is 45.6 Å². The predicted octanol–water partition coefficient (Wildman–Crippen LogP) is 1.74. The average molecular weight is 300 g/mol. The maximum Gasteiger partial charge on any atom is 0.254 e. The van der Waals surface area contributed by atoms with Crippen molar-refractivity contribution in [1.82, 2.24) is 19.4 Å². The minimum atomic E-state index is 0.0298. The number of hydrogen-bond donors (Lipinski definition) is 0. The number of carbonyl (C=O) groups is 1. The molecular formula is C16H20N4O2. The van der Waals surface area contributed by atoms with Gasteiger partial charge in [-0.3, -0.25) is 9.78 Å². The molecule has 0 saturated carbocycles. The van der Waals surface area contributed by atoms with Crippen LogP contribution in [0.5, 0.6) is 0 Å². The number of aromatic nitrogens is 3. The van der Waals surface area contributed by atoms with E-state index in [0.717, 1.165) is 17.1 Å². The van der Waals surface area contributed by atoms with E-state index < -0.39 is 0 Å². The van der Waals surface area contributed by atoms with Gasteiger partial charge >= 0.3 is 0 Å². The number of amides is 1. The highest BCUT2D eigenvalue weighted by atomic mass is 16.5. The molecule has 0 aliphatic carbocycles. The molecule has 0 fully saturated rings. The van der Waals surface area contributed by atoms with Crippen molar-refractivity contribution in [3.05, 3.63) is 47.3 Å². The first kappa shape index (κ1) is 14.7. The van der Waals surface area contributed by atoms with Gasteiger partial charge in [-0.15, -0.1) is 0 Å². The van der Waals surface area contributed by atoms with Gasteiger partial charge in [0.25, 0.3) is 5.91 Å². The standard InChI is InChI=1S/C16H20N4O2/c1-11-4-13(5-12(2)18-11)16(21)19-7-14-6-17-10-20(14)15(8-19)9-22-3/h4-6,10,15H,7-9H2,1-3H3. The van der Waals surface area contributed by atoms with E-state index in [4.69, 9.17) is 4.74 Å². The van der Waals surface area contributed by atoms with Gasteiger partial charge in [-0.1, -0.05) is 0 Å². The van der Waals surface area contributed by atoms with E-state index >= 15 is 0 Å². The van der Waals surface area contributed by atoms with Crippen LogP contribution in [-0.2, 0) is 11.3 Å². The lowest BCUT2D eigenvalue weighted by atomic mass is 10.1. The summed E-state index contributed by atoms with van der Waals surface area (Å²) in [5.74, 6) is 0.0298. The third-order valence-corrected chi connectivity index (χ3v) is 3.90. The average Bonchev–Trinajstić information content (AvgIpc) is 2.94. The van der Waals surface area contributed by atoms with E-state index in [1.165, 1.54) is 0 Å². The SMILES string of the molecule is COCC1CN(C(=O)c2cc(C)nc(C)c2)Cc2cncn21. The quantitative estimate of drug-likeness (QED) is 0.866. The van der Waals surface area contributed by atoms with Crippen LogP contribution in [0.25, 0.3) is 0 Å². The van der Waals surface area contributed by atoms with E-state index in [1.54, 1.807) is 7.11 Å². The smallest absolute Gasteiger partial charge is 0.254 e. The second kappa shape index (κ2) is 5.88. The Morgan fingerprint density at radius 2 is 2.09 bits per heavy atom. The summed E-state index contributed by atoms with van der Waals surface area (Å²) in [5.41, 5.74) is 3.44. The van der Waals surface area contributed by atoms with Gasteiger partial charge in [-0.25, -0.2) is 4.98 Å². The summed E-state index contributed by atoms with van der Waals surface area (Å²) in [6, 6.07) is 3.78. The number of methoxy groups -OCH3 is 1. The maximum atomic E-state index is 12.8. The number of hydrogen-bond acceptors (Lipinski definition) is 4. The minimum absolute atomic E-state index is 0.0298. The summed E-state index contributed by atoms with van der Waals surface area (Å²) < 4.78 is 7.38. The molecule has 1 unspecified atom stereocenters. The Labute approximate surface area is 129 Å². The van der Waals surface area contributed by atoms with Crippen molar-refractivity contribution in [3.63, 3.8) is 0 Å². The molecule has 1 aliphatic heterocycles. The monoisotopic (exact) mass is 300 g/mol. The lowest BCUT2D eigenvalue weighted by molar-refractivity contribution is 0.0599. The normalized spacial score (nSPS) is 17.4. The number of carbonyl (C=O) groups excluding carboxylic acids is 1. The number of pyridine rings is 1. The minimum Gasteiger partial charge on any atom is -0.382 e. The molecule has 2 aromatic heterocycles. The number of imidazole rings is 1. The van der Waals surface area contributed by atoms with Crippen molar-refractivity contribution in [2.45, 2.75) is 26.4 Å². The van der Waals surface area contributed by atoms with E-state index in [1.807, 2.05) is 43.4 Å². The molecular weight excluding hydrogens is 280 g/mol. The number of aryl methyl sites for hydroxylation is 2. The molecule has 2 aromatic rings. The third-order valence-electron chi connectivity index (χ3n) is 3.90. The van der Waals surface area contributed by atoms with Crippen LogP contribution >= 0.6 is 0 Å². The van der Waals surface area contributed by atoms with Crippen molar-refractivity contribution in [3.8, 4) is 0 Å². The molecule has 3 rings (SSSR count). The second-order valence-corrected chi connectivity index (χ2v) is 5.73. The lowest BCUT2D eigenvalue weighted by Gasteiger charge is -2.34. The maximum absolute atomic E-state index is 12.8. The molecule has 0 spiro atoms. The van der Waals surface area contributed by atoms with Crippen molar-refractivity contribution in [1.29, 1.82) is 0 Å².